The molecule has 4 heteroatoms. The summed E-state index contributed by atoms with van der Waals surface area (Å²) in [4.78, 5) is 24.8. The first-order valence-corrected chi connectivity index (χ1v) is 9.14. The van der Waals surface area contributed by atoms with Crippen LogP contribution in [0.5, 0.6) is 0 Å². The molecule has 0 radical (unpaired) electrons. The fourth-order valence-corrected chi connectivity index (χ4v) is 2.99. The van der Waals surface area contributed by atoms with E-state index < -0.39 is 0 Å². The number of Topliss-reactive ketones (excluding diaryl/α,β-unsaturated/α-hetero) is 1. The van der Waals surface area contributed by atoms with Crippen LogP contribution in [0.25, 0.3) is 0 Å². The molecule has 0 unspecified atom stereocenters. The summed E-state index contributed by atoms with van der Waals surface area (Å²) in [5.74, 6) is 0.207. The minimum atomic E-state index is -0.339. The summed E-state index contributed by atoms with van der Waals surface area (Å²) in [5, 5.41) is 9.96. The zero-order chi connectivity index (χ0) is 17.2. The molecule has 4 nitrogen and oxygen atoms in total. The SMILES string of the molecule is CC(C)CCCCCCCCCC/C(O)=C1/C(=O)CN(C)C1=O. The Morgan fingerprint density at radius 2 is 1.52 bits per heavy atom. The van der Waals surface area contributed by atoms with Crippen LogP contribution in [0.4, 0.5) is 0 Å². The van der Waals surface area contributed by atoms with Gasteiger partial charge < -0.3 is 10.0 Å². The first kappa shape index (κ1) is 19.7. The third-order valence-corrected chi connectivity index (χ3v) is 4.45. The van der Waals surface area contributed by atoms with E-state index in [1.807, 2.05) is 0 Å². The molecule has 132 valence electrons. The zero-order valence-electron chi connectivity index (χ0n) is 15.1. The Balaban J connectivity index is 2.07. The van der Waals surface area contributed by atoms with E-state index in [4.69, 9.17) is 0 Å². The van der Waals surface area contributed by atoms with Crippen LogP contribution < -0.4 is 0 Å². The molecule has 1 saturated heterocycles. The number of aliphatic hydroxyl groups excluding tert-OH is 1. The predicted octanol–water partition coefficient (Wildman–Crippen LogP) is 4.40. The number of hydrogen-bond acceptors (Lipinski definition) is 3. The smallest absolute Gasteiger partial charge is 0.261 e. The molecular weight excluding hydrogens is 290 g/mol. The fraction of sp³-hybridized carbons (Fsp3) is 0.789. The molecule has 1 amide bonds. The van der Waals surface area contributed by atoms with Crippen LogP contribution in [0.15, 0.2) is 11.3 Å². The molecule has 0 atom stereocenters. The summed E-state index contributed by atoms with van der Waals surface area (Å²) in [6.07, 6.45) is 11.3. The van der Waals surface area contributed by atoms with Crippen LogP contribution in [-0.2, 0) is 9.59 Å². The van der Waals surface area contributed by atoms with E-state index in [9.17, 15) is 14.7 Å². The summed E-state index contributed by atoms with van der Waals surface area (Å²) >= 11 is 0. The number of nitrogens with zero attached hydrogens (tertiary/aromatic N) is 1. The topological polar surface area (TPSA) is 57.6 Å². The van der Waals surface area contributed by atoms with Gasteiger partial charge in [0.05, 0.1) is 6.54 Å². The highest BCUT2D eigenvalue weighted by Crippen LogP contribution is 2.20. The van der Waals surface area contributed by atoms with E-state index in [1.54, 1.807) is 7.05 Å². The van der Waals surface area contributed by atoms with Gasteiger partial charge in [0.2, 0.25) is 0 Å². The van der Waals surface area contributed by atoms with E-state index in [0.29, 0.717) is 6.42 Å². The normalized spacial score (nSPS) is 17.5. The van der Waals surface area contributed by atoms with Gasteiger partial charge in [-0.1, -0.05) is 65.2 Å². The summed E-state index contributed by atoms with van der Waals surface area (Å²) in [6, 6.07) is 0. The van der Waals surface area contributed by atoms with Crippen LogP contribution in [0.1, 0.15) is 78.1 Å². The number of carbonyl (C=O) groups is 2. The van der Waals surface area contributed by atoms with Crippen LogP contribution in [0.2, 0.25) is 0 Å². The number of unbranched alkanes of at least 4 members (excludes halogenated alkanes) is 7. The maximum absolute atomic E-state index is 11.7. The lowest BCUT2D eigenvalue weighted by molar-refractivity contribution is -0.123. The average molecular weight is 323 g/mol. The van der Waals surface area contributed by atoms with Crippen molar-refractivity contribution in [1.29, 1.82) is 0 Å². The summed E-state index contributed by atoms with van der Waals surface area (Å²) in [5.41, 5.74) is 0.0117. The molecule has 0 aliphatic carbocycles. The van der Waals surface area contributed by atoms with Crippen LogP contribution in [-0.4, -0.2) is 35.3 Å². The number of hydrogen-bond donors (Lipinski definition) is 1. The van der Waals surface area contributed by atoms with Crippen molar-refractivity contribution in [3.8, 4) is 0 Å². The van der Waals surface area contributed by atoms with Crippen molar-refractivity contribution in [3.63, 3.8) is 0 Å². The number of likely N-dealkylation sites (N-methyl/N-ethyl adjacent to an activating group) is 1. The predicted molar refractivity (Wildman–Crippen MR) is 93.3 cm³/mol. The molecule has 23 heavy (non-hydrogen) atoms. The first-order chi connectivity index (χ1) is 10.9. The molecule has 0 aromatic carbocycles. The Kier molecular flexibility index (Phi) is 8.97. The van der Waals surface area contributed by atoms with Gasteiger partial charge in [0, 0.05) is 13.5 Å². The number of allylic oxidation sites excluding steroid dienone is 1. The quantitative estimate of drug-likeness (QED) is 0.265. The lowest BCUT2D eigenvalue weighted by atomic mass is 10.0. The molecule has 0 aromatic rings. The summed E-state index contributed by atoms with van der Waals surface area (Å²) < 4.78 is 0. The second-order valence-corrected chi connectivity index (χ2v) is 7.17. The molecular formula is C19H33NO3. The van der Waals surface area contributed by atoms with E-state index in [0.717, 1.165) is 25.2 Å². The Morgan fingerprint density at radius 1 is 1.00 bits per heavy atom. The Morgan fingerprint density at radius 3 is 2.00 bits per heavy atom. The second kappa shape index (κ2) is 10.5. The number of carbonyl (C=O) groups excluding carboxylic acids is 2. The lowest BCUT2D eigenvalue weighted by Crippen LogP contribution is -2.19. The Hall–Kier alpha value is -1.32. The molecule has 0 bridgehead atoms. The van der Waals surface area contributed by atoms with Gasteiger partial charge in [0.15, 0.2) is 5.78 Å². The number of rotatable bonds is 11. The minimum Gasteiger partial charge on any atom is -0.511 e. The fourth-order valence-electron chi connectivity index (χ4n) is 2.99. The van der Waals surface area contributed by atoms with Crippen molar-refractivity contribution in [1.82, 2.24) is 4.90 Å². The molecule has 1 heterocycles. The summed E-state index contributed by atoms with van der Waals surface area (Å²) in [6.45, 7) is 4.64. The Bertz CT molecular complexity index is 426. The molecule has 1 aliphatic rings. The molecule has 1 N–H and O–H groups in total. The third-order valence-electron chi connectivity index (χ3n) is 4.45. The highest BCUT2D eigenvalue weighted by atomic mass is 16.3. The van der Waals surface area contributed by atoms with Crippen molar-refractivity contribution in [2.75, 3.05) is 13.6 Å². The highest BCUT2D eigenvalue weighted by Gasteiger charge is 2.33. The number of likely N-dealkylation sites (tertiary alicyclic amines) is 1. The molecule has 0 spiro atoms. The zero-order valence-corrected chi connectivity index (χ0v) is 15.1. The van der Waals surface area contributed by atoms with E-state index in [1.165, 1.54) is 43.4 Å². The standard InChI is InChI=1S/C19H33NO3/c1-15(2)12-10-8-6-4-5-7-9-11-13-16(21)18-17(22)14-20(3)19(18)23/h15,21H,4-14H2,1-3H3/b18-16+. The largest absolute Gasteiger partial charge is 0.511 e. The molecule has 1 rings (SSSR count). The lowest BCUT2D eigenvalue weighted by Gasteiger charge is -2.06. The van der Waals surface area contributed by atoms with Gasteiger partial charge in [-0.05, 0) is 12.3 Å². The van der Waals surface area contributed by atoms with Gasteiger partial charge in [0.1, 0.15) is 11.3 Å². The Labute approximate surface area is 140 Å². The number of amides is 1. The van der Waals surface area contributed by atoms with Crippen LogP contribution in [0, 0.1) is 5.92 Å². The van der Waals surface area contributed by atoms with Gasteiger partial charge in [-0.25, -0.2) is 0 Å². The van der Waals surface area contributed by atoms with Crippen molar-refractivity contribution < 1.29 is 14.7 Å². The third kappa shape index (κ3) is 7.19. The van der Waals surface area contributed by atoms with Crippen molar-refractivity contribution in [3.05, 3.63) is 11.3 Å². The maximum Gasteiger partial charge on any atom is 0.261 e. The van der Waals surface area contributed by atoms with Gasteiger partial charge in [-0.3, -0.25) is 9.59 Å². The second-order valence-electron chi connectivity index (χ2n) is 7.17. The molecule has 0 aromatic heterocycles. The maximum atomic E-state index is 11.7. The van der Waals surface area contributed by atoms with Crippen molar-refractivity contribution in [2.45, 2.75) is 78.1 Å². The van der Waals surface area contributed by atoms with Gasteiger partial charge in [-0.15, -0.1) is 0 Å². The molecule has 0 saturated carbocycles. The van der Waals surface area contributed by atoms with Crippen LogP contribution >= 0.6 is 0 Å². The van der Waals surface area contributed by atoms with Crippen molar-refractivity contribution >= 4 is 11.7 Å². The van der Waals surface area contributed by atoms with E-state index >= 15 is 0 Å². The van der Waals surface area contributed by atoms with Gasteiger partial charge in [-0.2, -0.15) is 0 Å². The summed E-state index contributed by atoms with van der Waals surface area (Å²) in [7, 11) is 1.59. The molecule has 1 aliphatic heterocycles. The van der Waals surface area contributed by atoms with Gasteiger partial charge in [0.25, 0.3) is 5.91 Å². The highest BCUT2D eigenvalue weighted by molar-refractivity contribution is 6.25. The average Bonchev–Trinajstić information content (AvgIpc) is 2.73. The number of aliphatic hydroxyl groups is 1. The van der Waals surface area contributed by atoms with E-state index in [2.05, 4.69) is 13.8 Å². The monoisotopic (exact) mass is 323 g/mol. The van der Waals surface area contributed by atoms with E-state index in [-0.39, 0.29) is 29.6 Å². The molecule has 1 fully saturated rings. The number of ketones is 1. The first-order valence-electron chi connectivity index (χ1n) is 9.14. The van der Waals surface area contributed by atoms with Crippen molar-refractivity contribution in [2.24, 2.45) is 5.92 Å². The van der Waals surface area contributed by atoms with Gasteiger partial charge >= 0.3 is 0 Å². The minimum absolute atomic E-state index is 0.0117. The van der Waals surface area contributed by atoms with Crippen LogP contribution in [0.3, 0.4) is 0 Å².